The molecule has 1 aromatic carbocycles. The van der Waals surface area contributed by atoms with E-state index in [-0.39, 0.29) is 11.7 Å². The molecule has 0 unspecified atom stereocenters. The number of halogens is 4. The first-order chi connectivity index (χ1) is 10.0. The van der Waals surface area contributed by atoms with Crippen molar-refractivity contribution in [1.29, 1.82) is 0 Å². The van der Waals surface area contributed by atoms with E-state index in [1.54, 1.807) is 18.2 Å². The molecule has 0 amide bonds. The van der Waals surface area contributed by atoms with E-state index in [4.69, 9.17) is 50.9 Å². The highest BCUT2D eigenvalue weighted by atomic mass is 35.5. The number of pyridine rings is 1. The molecular formula is C13H5Cl4N3O. The van der Waals surface area contributed by atoms with E-state index >= 15 is 0 Å². The zero-order valence-corrected chi connectivity index (χ0v) is 13.2. The Morgan fingerprint density at radius 1 is 0.857 bits per heavy atom. The van der Waals surface area contributed by atoms with Crippen LogP contribution in [0.1, 0.15) is 0 Å². The molecule has 0 aliphatic rings. The number of nitrogens with zero attached hydrogens (tertiary/aromatic N) is 3. The van der Waals surface area contributed by atoms with Crippen LogP contribution < -0.4 is 0 Å². The Hall–Kier alpha value is -1.33. The molecule has 3 aromatic rings. The Labute approximate surface area is 139 Å². The van der Waals surface area contributed by atoms with Gasteiger partial charge in [-0.1, -0.05) is 51.6 Å². The van der Waals surface area contributed by atoms with Gasteiger partial charge in [-0.2, -0.15) is 4.98 Å². The highest BCUT2D eigenvalue weighted by Gasteiger charge is 2.17. The molecule has 0 aliphatic carbocycles. The lowest BCUT2D eigenvalue weighted by atomic mass is 10.2. The van der Waals surface area contributed by atoms with Crippen LogP contribution in [0.5, 0.6) is 0 Å². The molecule has 21 heavy (non-hydrogen) atoms. The van der Waals surface area contributed by atoms with Gasteiger partial charge in [-0.25, -0.2) is 0 Å². The van der Waals surface area contributed by atoms with Gasteiger partial charge in [0.25, 0.3) is 5.89 Å². The number of hydrogen-bond donors (Lipinski definition) is 0. The molecule has 0 N–H and O–H groups in total. The van der Waals surface area contributed by atoms with Gasteiger partial charge in [-0.3, -0.25) is 4.98 Å². The van der Waals surface area contributed by atoms with Crippen LogP contribution in [0.25, 0.3) is 22.8 Å². The topological polar surface area (TPSA) is 51.8 Å². The lowest BCUT2D eigenvalue weighted by Gasteiger charge is -2.00. The first kappa shape index (κ1) is 14.6. The Morgan fingerprint density at radius 2 is 1.48 bits per heavy atom. The van der Waals surface area contributed by atoms with E-state index < -0.39 is 0 Å². The molecule has 0 saturated carbocycles. The second-order valence-corrected chi connectivity index (χ2v) is 5.75. The fourth-order valence-corrected chi connectivity index (χ4v) is 2.80. The van der Waals surface area contributed by atoms with Gasteiger partial charge in [0.2, 0.25) is 5.82 Å². The molecule has 0 radical (unpaired) electrons. The average Bonchev–Trinajstić information content (AvgIpc) is 2.87. The maximum Gasteiger partial charge on any atom is 0.258 e. The monoisotopic (exact) mass is 359 g/mol. The summed E-state index contributed by atoms with van der Waals surface area (Å²) >= 11 is 24.0. The van der Waals surface area contributed by atoms with Gasteiger partial charge in [0, 0.05) is 28.0 Å². The van der Waals surface area contributed by atoms with E-state index in [1.807, 2.05) is 0 Å². The molecule has 0 spiro atoms. The summed E-state index contributed by atoms with van der Waals surface area (Å²) in [5, 5.41) is 5.48. The van der Waals surface area contributed by atoms with Gasteiger partial charge in [-0.15, -0.1) is 0 Å². The lowest BCUT2D eigenvalue weighted by Crippen LogP contribution is -1.86. The molecule has 2 heterocycles. The number of aromatic nitrogens is 3. The zero-order valence-electron chi connectivity index (χ0n) is 10.1. The highest BCUT2D eigenvalue weighted by Crippen LogP contribution is 2.33. The normalized spacial score (nSPS) is 10.9. The Balaban J connectivity index is 2.08. The van der Waals surface area contributed by atoms with Crippen molar-refractivity contribution in [2.45, 2.75) is 0 Å². The van der Waals surface area contributed by atoms with E-state index in [1.165, 1.54) is 12.4 Å². The minimum absolute atomic E-state index is 0.262. The predicted octanol–water partition coefficient (Wildman–Crippen LogP) is 5.41. The van der Waals surface area contributed by atoms with Crippen molar-refractivity contribution in [1.82, 2.24) is 15.1 Å². The molecule has 106 valence electrons. The van der Waals surface area contributed by atoms with E-state index in [9.17, 15) is 0 Å². The summed E-state index contributed by atoms with van der Waals surface area (Å²) in [6.45, 7) is 0. The first-order valence-corrected chi connectivity index (χ1v) is 7.15. The van der Waals surface area contributed by atoms with Gasteiger partial charge in [-0.05, 0) is 18.2 Å². The molecule has 0 atom stereocenters. The maximum absolute atomic E-state index is 6.06. The third-order valence-corrected chi connectivity index (χ3v) is 3.62. The van der Waals surface area contributed by atoms with Crippen molar-refractivity contribution in [2.75, 3.05) is 0 Å². The Morgan fingerprint density at radius 3 is 2.10 bits per heavy atom. The SMILES string of the molecule is Clc1cc(Cl)cc(-c2nc(-c3c(Cl)cncc3Cl)no2)c1. The average molecular weight is 361 g/mol. The van der Waals surface area contributed by atoms with Crippen LogP contribution >= 0.6 is 46.4 Å². The Bertz CT molecular complexity index is 778. The van der Waals surface area contributed by atoms with Crippen LogP contribution in [0, 0.1) is 0 Å². The van der Waals surface area contributed by atoms with Gasteiger partial charge in [0.1, 0.15) is 0 Å². The van der Waals surface area contributed by atoms with Crippen LogP contribution in [0.3, 0.4) is 0 Å². The Kier molecular flexibility index (Phi) is 4.04. The van der Waals surface area contributed by atoms with E-state index in [0.29, 0.717) is 31.2 Å². The van der Waals surface area contributed by atoms with Gasteiger partial charge >= 0.3 is 0 Å². The van der Waals surface area contributed by atoms with Crippen LogP contribution in [0.2, 0.25) is 20.1 Å². The quantitative estimate of drug-likeness (QED) is 0.612. The van der Waals surface area contributed by atoms with Gasteiger partial charge in [0.15, 0.2) is 0 Å². The molecule has 2 aromatic heterocycles. The van der Waals surface area contributed by atoms with Crippen LogP contribution in [-0.4, -0.2) is 15.1 Å². The van der Waals surface area contributed by atoms with Crippen molar-refractivity contribution in [3.05, 3.63) is 50.7 Å². The second kappa shape index (κ2) is 5.81. The van der Waals surface area contributed by atoms with Gasteiger partial charge < -0.3 is 4.52 Å². The van der Waals surface area contributed by atoms with Crippen LogP contribution in [0.15, 0.2) is 35.1 Å². The summed E-state index contributed by atoms with van der Waals surface area (Å²) in [4.78, 5) is 8.14. The minimum Gasteiger partial charge on any atom is -0.334 e. The lowest BCUT2D eigenvalue weighted by molar-refractivity contribution is 0.432. The summed E-state index contributed by atoms with van der Waals surface area (Å²) in [7, 11) is 0. The summed E-state index contributed by atoms with van der Waals surface area (Å²) in [5.74, 6) is 0.525. The van der Waals surface area contributed by atoms with E-state index in [0.717, 1.165) is 0 Å². The van der Waals surface area contributed by atoms with Crippen molar-refractivity contribution in [3.63, 3.8) is 0 Å². The fourth-order valence-electron chi connectivity index (χ4n) is 1.74. The van der Waals surface area contributed by atoms with Crippen LogP contribution in [0.4, 0.5) is 0 Å². The van der Waals surface area contributed by atoms with Gasteiger partial charge in [0.05, 0.1) is 15.6 Å². The molecule has 0 saturated heterocycles. The maximum atomic E-state index is 6.06. The summed E-state index contributed by atoms with van der Waals surface area (Å²) in [6, 6.07) is 4.95. The molecule has 4 nitrogen and oxygen atoms in total. The van der Waals surface area contributed by atoms with Crippen molar-refractivity contribution in [2.24, 2.45) is 0 Å². The first-order valence-electron chi connectivity index (χ1n) is 5.64. The number of hydrogen-bond acceptors (Lipinski definition) is 4. The predicted molar refractivity (Wildman–Crippen MR) is 83.0 cm³/mol. The smallest absolute Gasteiger partial charge is 0.258 e. The zero-order chi connectivity index (χ0) is 15.0. The molecule has 8 heteroatoms. The third kappa shape index (κ3) is 2.99. The van der Waals surface area contributed by atoms with Crippen molar-refractivity contribution < 1.29 is 4.52 Å². The molecule has 0 bridgehead atoms. The van der Waals surface area contributed by atoms with E-state index in [2.05, 4.69) is 15.1 Å². The van der Waals surface area contributed by atoms with Crippen molar-refractivity contribution in [3.8, 4) is 22.8 Å². The highest BCUT2D eigenvalue weighted by molar-refractivity contribution is 6.38. The molecule has 0 aliphatic heterocycles. The second-order valence-electron chi connectivity index (χ2n) is 4.06. The summed E-state index contributed by atoms with van der Waals surface area (Å²) in [5.41, 5.74) is 1.06. The van der Waals surface area contributed by atoms with Crippen LogP contribution in [-0.2, 0) is 0 Å². The number of benzene rings is 1. The minimum atomic E-state index is 0.262. The molecule has 3 rings (SSSR count). The molecule has 0 fully saturated rings. The number of rotatable bonds is 2. The third-order valence-electron chi connectivity index (χ3n) is 2.61. The molecular weight excluding hydrogens is 356 g/mol. The fraction of sp³-hybridized carbons (Fsp3) is 0. The summed E-state index contributed by atoms with van der Waals surface area (Å²) < 4.78 is 5.21. The largest absolute Gasteiger partial charge is 0.334 e. The van der Waals surface area contributed by atoms with Crippen molar-refractivity contribution >= 4 is 46.4 Å². The summed E-state index contributed by atoms with van der Waals surface area (Å²) in [6.07, 6.45) is 2.91. The standard InChI is InChI=1S/C13H5Cl4N3O/c14-7-1-6(2-8(15)3-7)13-19-12(20-21-13)11-9(16)4-18-5-10(11)17/h1-5H.